The van der Waals surface area contributed by atoms with Gasteiger partial charge in [-0.25, -0.2) is 4.39 Å². The van der Waals surface area contributed by atoms with E-state index in [2.05, 4.69) is 41.0 Å². The summed E-state index contributed by atoms with van der Waals surface area (Å²) in [5.41, 5.74) is 2.78. The Hall–Kier alpha value is -6.91. The van der Waals surface area contributed by atoms with Crippen LogP contribution in [-0.4, -0.2) is 101 Å². The molecular weight excluding hydrogens is 880 g/mol. The lowest BCUT2D eigenvalue weighted by molar-refractivity contribution is -0.134. The first-order valence-electron chi connectivity index (χ1n) is 24.2. The van der Waals surface area contributed by atoms with Crippen LogP contribution in [0.25, 0.3) is 10.9 Å². The number of carbonyl (C=O) groups is 5. The smallest absolute Gasteiger partial charge is 0.240 e. The molecule has 4 aliphatic heterocycles. The number of aromatic nitrogens is 1. The minimum absolute atomic E-state index is 0.0129. The largest absolute Gasteiger partial charge is 0.506 e. The Balaban J connectivity index is 0.646. The molecule has 3 atom stereocenters. The van der Waals surface area contributed by atoms with E-state index in [1.54, 1.807) is 42.6 Å². The third-order valence-electron chi connectivity index (χ3n) is 14.7. The van der Waals surface area contributed by atoms with E-state index in [4.69, 9.17) is 4.74 Å². The Labute approximate surface area is 399 Å². The lowest BCUT2D eigenvalue weighted by atomic mass is 9.90. The number of piperidine rings is 2. The number of halogens is 1. The summed E-state index contributed by atoms with van der Waals surface area (Å²) in [6.07, 6.45) is 8.89. The molecular formula is C53H57FN8O7. The quantitative estimate of drug-likeness (QED) is 0.0374. The molecule has 1 saturated carbocycles. The van der Waals surface area contributed by atoms with Crippen LogP contribution >= 0.6 is 0 Å². The molecule has 1 aromatic heterocycles. The summed E-state index contributed by atoms with van der Waals surface area (Å²) in [5, 5.41) is 23.0. The average Bonchev–Trinajstić information content (AvgIpc) is 3.95. The number of unbranched alkanes of at least 4 members (excludes halogenated alkanes) is 1. The van der Waals surface area contributed by atoms with Gasteiger partial charge in [0.2, 0.25) is 29.5 Å². The van der Waals surface area contributed by atoms with Crippen LogP contribution in [0.1, 0.15) is 75.7 Å². The van der Waals surface area contributed by atoms with Gasteiger partial charge in [-0.15, -0.1) is 0 Å². The number of piperazine rings is 1. The Morgan fingerprint density at radius 2 is 1.45 bits per heavy atom. The maximum atomic E-state index is 13.3. The van der Waals surface area contributed by atoms with E-state index in [1.165, 1.54) is 30.7 Å². The van der Waals surface area contributed by atoms with Crippen molar-refractivity contribution in [2.75, 3.05) is 60.1 Å². The highest BCUT2D eigenvalue weighted by atomic mass is 19.1. The van der Waals surface area contributed by atoms with Crippen LogP contribution in [0.2, 0.25) is 0 Å². The molecule has 2 bridgehead atoms. The van der Waals surface area contributed by atoms with Crippen LogP contribution in [0.15, 0.2) is 97.2 Å². The second-order valence-electron chi connectivity index (χ2n) is 19.3. The van der Waals surface area contributed by atoms with E-state index in [0.29, 0.717) is 89.6 Å². The molecule has 69 heavy (non-hydrogen) atoms. The molecule has 10 rings (SSSR count). The summed E-state index contributed by atoms with van der Waals surface area (Å²) < 4.78 is 19.6. The van der Waals surface area contributed by atoms with Gasteiger partial charge in [-0.1, -0.05) is 12.1 Å². The zero-order chi connectivity index (χ0) is 47.6. The van der Waals surface area contributed by atoms with Crippen LogP contribution in [0.3, 0.4) is 0 Å². The summed E-state index contributed by atoms with van der Waals surface area (Å²) in [6.45, 7) is 5.95. The number of anilines is 4. The van der Waals surface area contributed by atoms with Gasteiger partial charge in [0, 0.05) is 86.3 Å². The number of fused-ring (bicyclic) bond motifs is 3. The zero-order valence-electron chi connectivity index (χ0n) is 38.4. The van der Waals surface area contributed by atoms with Gasteiger partial charge in [0.15, 0.2) is 0 Å². The summed E-state index contributed by atoms with van der Waals surface area (Å²) in [7, 11) is 0. The van der Waals surface area contributed by atoms with Crippen LogP contribution in [0.4, 0.5) is 27.1 Å². The number of hydrogen-bond donors (Lipinski definition) is 5. The number of pyridine rings is 1. The molecule has 4 aromatic carbocycles. The summed E-state index contributed by atoms with van der Waals surface area (Å²) >= 11 is 0. The molecule has 5 aliphatic rings. The minimum atomic E-state index is -1.18. The van der Waals surface area contributed by atoms with E-state index in [9.17, 15) is 33.5 Å². The Morgan fingerprint density at radius 3 is 2.12 bits per heavy atom. The maximum absolute atomic E-state index is 13.3. The number of hydrogen-bond acceptors (Lipinski definition) is 11. The van der Waals surface area contributed by atoms with Crippen molar-refractivity contribution < 1.29 is 38.2 Å². The van der Waals surface area contributed by atoms with Crippen molar-refractivity contribution >= 4 is 63.2 Å². The van der Waals surface area contributed by atoms with Crippen molar-refractivity contribution in [1.82, 2.24) is 20.1 Å². The second kappa shape index (κ2) is 19.6. The number of likely N-dealkylation sites (tertiary alicyclic amines) is 2. The molecule has 0 radical (unpaired) electrons. The topological polar surface area (TPSA) is 186 Å². The summed E-state index contributed by atoms with van der Waals surface area (Å²) in [6, 6.07) is 26.2. The van der Waals surface area contributed by atoms with Crippen LogP contribution in [0.5, 0.6) is 17.2 Å². The van der Waals surface area contributed by atoms with Gasteiger partial charge >= 0.3 is 0 Å². The van der Waals surface area contributed by atoms with E-state index in [-0.39, 0.29) is 29.4 Å². The lowest BCUT2D eigenvalue weighted by Crippen LogP contribution is -2.49. The van der Waals surface area contributed by atoms with E-state index >= 15 is 0 Å². The number of carbonyl (C=O) groups excluding carboxylic acids is 5. The number of amides is 5. The average molecular weight is 937 g/mol. The molecule has 5 fully saturated rings. The fourth-order valence-corrected chi connectivity index (χ4v) is 10.6. The predicted molar refractivity (Wildman–Crippen MR) is 260 cm³/mol. The highest BCUT2D eigenvalue weighted by Crippen LogP contribution is 2.48. The molecule has 4 saturated heterocycles. The Morgan fingerprint density at radius 1 is 0.797 bits per heavy atom. The molecule has 1 unspecified atom stereocenters. The first-order chi connectivity index (χ1) is 33.5. The van der Waals surface area contributed by atoms with E-state index in [0.717, 1.165) is 76.2 Å². The van der Waals surface area contributed by atoms with Crippen LogP contribution in [0, 0.1) is 17.2 Å². The van der Waals surface area contributed by atoms with Crippen LogP contribution in [-0.2, 0) is 24.0 Å². The highest BCUT2D eigenvalue weighted by Gasteiger charge is 2.56. The van der Waals surface area contributed by atoms with Crippen molar-refractivity contribution in [2.24, 2.45) is 11.3 Å². The zero-order valence-corrected chi connectivity index (χ0v) is 38.4. The summed E-state index contributed by atoms with van der Waals surface area (Å²) in [5.74, 6) is -0.281. The molecule has 5 aromatic rings. The van der Waals surface area contributed by atoms with Crippen LogP contribution < -0.4 is 30.9 Å². The first-order valence-corrected chi connectivity index (χ1v) is 24.2. The van der Waals surface area contributed by atoms with Crippen molar-refractivity contribution in [1.29, 1.82) is 0 Å². The molecule has 5 N–H and O–H groups in total. The number of ether oxygens (including phenoxy) is 1. The number of benzene rings is 4. The fraction of sp³-hybridized carbons (Fsp3) is 0.396. The first kappa shape index (κ1) is 45.9. The van der Waals surface area contributed by atoms with E-state index in [1.807, 2.05) is 30.3 Å². The standard InChI is InChI=1S/C53H57FN8O7/c54-35-6-10-37(11-7-35)57-51(67)53(21-22-53)52(68)58-38-12-14-41(15-13-38)69-47-18-23-55-44-29-45(46(63)28-43(44)47)60-25-19-33(20-26-60)30-62-32-39-27-40(62)31-61(39)24-2-1-3-48(64)56-36-8-4-34(5-9-36)42-16-17-49(65)59-50(42)66/h4-15,18,23,28-29,33,39-40,42,63H,1-3,16-17,19-22,24-27,30-32H2,(H,56,64)(H,57,67)(H,58,68)(H,59,65,66)/t39-,40-,42?/m0/s1. The fourth-order valence-electron chi connectivity index (χ4n) is 10.6. The lowest BCUT2D eigenvalue weighted by Gasteiger charge is -2.39. The number of nitrogens with one attached hydrogen (secondary N) is 4. The number of imide groups is 1. The van der Waals surface area contributed by atoms with Gasteiger partial charge in [0.25, 0.3) is 0 Å². The normalized spacial score (nSPS) is 21.2. The van der Waals surface area contributed by atoms with Gasteiger partial charge in [0.05, 0.1) is 17.1 Å². The second-order valence-corrected chi connectivity index (χ2v) is 19.3. The Kier molecular flexibility index (Phi) is 13.0. The van der Waals surface area contributed by atoms with Crippen molar-refractivity contribution in [3.63, 3.8) is 0 Å². The summed E-state index contributed by atoms with van der Waals surface area (Å²) in [4.78, 5) is 74.7. The maximum Gasteiger partial charge on any atom is 0.240 e. The number of nitrogens with zero attached hydrogens (tertiary/aromatic N) is 4. The number of aromatic hydroxyl groups is 1. The minimum Gasteiger partial charge on any atom is -0.506 e. The number of rotatable bonds is 16. The number of phenols is 1. The molecule has 1 aliphatic carbocycles. The van der Waals surface area contributed by atoms with Crippen molar-refractivity contribution in [3.8, 4) is 17.2 Å². The molecule has 15 nitrogen and oxygen atoms in total. The van der Waals surface area contributed by atoms with E-state index < -0.39 is 23.0 Å². The number of phenolic OH excluding ortho intramolecular Hbond substituents is 1. The van der Waals surface area contributed by atoms with Gasteiger partial charge in [-0.2, -0.15) is 0 Å². The Bertz CT molecular complexity index is 2740. The third kappa shape index (κ3) is 10.3. The molecule has 16 heteroatoms. The van der Waals surface area contributed by atoms with Crippen molar-refractivity contribution in [3.05, 3.63) is 109 Å². The van der Waals surface area contributed by atoms with Crippen molar-refractivity contribution in [2.45, 2.75) is 82.2 Å². The monoisotopic (exact) mass is 936 g/mol. The SMILES string of the molecule is O=C1CCC(c2ccc(NC(=O)CCCCN3C[C@@H]4C[C@H]3CN4CC3CCN(c4cc5nccc(Oc6ccc(NC(=O)C7(C(=O)Nc8ccc(F)cc8)CC7)cc6)c5cc4O)CC3)cc2)C(=O)N1. The predicted octanol–water partition coefficient (Wildman–Crippen LogP) is 7.53. The van der Waals surface area contributed by atoms with Gasteiger partial charge in [-0.3, -0.25) is 44.1 Å². The van der Waals surface area contributed by atoms with Gasteiger partial charge < -0.3 is 30.7 Å². The molecule has 5 amide bonds. The molecule has 0 spiro atoms. The third-order valence-corrected chi connectivity index (χ3v) is 14.7. The highest BCUT2D eigenvalue weighted by molar-refractivity contribution is 6.17. The molecule has 358 valence electrons. The van der Waals surface area contributed by atoms with Gasteiger partial charge in [-0.05, 0) is 148 Å². The van der Waals surface area contributed by atoms with Gasteiger partial charge in [0.1, 0.15) is 28.5 Å². The molecule has 5 heterocycles.